The molecule has 28 heavy (non-hydrogen) atoms. The molecular formula is C22H27N3O2S. The average molecular weight is 398 g/mol. The van der Waals surface area contributed by atoms with Crippen LogP contribution in [-0.2, 0) is 11.2 Å². The number of hydrogen-bond donors (Lipinski definition) is 1. The van der Waals surface area contributed by atoms with Crippen molar-refractivity contribution >= 4 is 23.2 Å². The Labute approximate surface area is 170 Å². The molecular weight excluding hydrogens is 370 g/mol. The summed E-state index contributed by atoms with van der Waals surface area (Å²) in [5, 5.41) is 6.21. The Hall–Kier alpha value is -2.21. The molecule has 4 rings (SSSR count). The van der Waals surface area contributed by atoms with Crippen LogP contribution in [0.15, 0.2) is 29.6 Å². The van der Waals surface area contributed by atoms with Gasteiger partial charge in [-0.05, 0) is 44.7 Å². The van der Waals surface area contributed by atoms with Crippen molar-refractivity contribution in [3.05, 3.63) is 51.5 Å². The number of hydrogen-bond acceptors (Lipinski definition) is 4. The van der Waals surface area contributed by atoms with Gasteiger partial charge in [-0.15, -0.1) is 11.3 Å². The van der Waals surface area contributed by atoms with Crippen LogP contribution < -0.4 is 5.32 Å². The Bertz CT molecular complexity index is 842. The molecule has 6 heteroatoms. The summed E-state index contributed by atoms with van der Waals surface area (Å²) in [6.07, 6.45) is 4.92. The van der Waals surface area contributed by atoms with Gasteiger partial charge in [0.25, 0.3) is 5.91 Å². The number of carbonyl (C=O) groups excluding carboxylic acids is 2. The summed E-state index contributed by atoms with van der Waals surface area (Å²) in [6, 6.07) is 7.81. The Morgan fingerprint density at radius 3 is 2.75 bits per heavy atom. The van der Waals surface area contributed by atoms with Gasteiger partial charge >= 0.3 is 0 Å². The zero-order valence-electron chi connectivity index (χ0n) is 16.3. The molecule has 1 saturated carbocycles. The number of benzene rings is 1. The van der Waals surface area contributed by atoms with E-state index in [1.54, 1.807) is 11.3 Å². The molecule has 0 unspecified atom stereocenters. The number of aromatic nitrogens is 1. The van der Waals surface area contributed by atoms with E-state index >= 15 is 0 Å². The van der Waals surface area contributed by atoms with Crippen LogP contribution in [0.1, 0.15) is 58.2 Å². The number of aryl methyl sites for hydroxylation is 1. The van der Waals surface area contributed by atoms with E-state index < -0.39 is 0 Å². The zero-order valence-corrected chi connectivity index (χ0v) is 17.1. The Balaban J connectivity index is 1.32. The maximum absolute atomic E-state index is 12.8. The number of amides is 2. The summed E-state index contributed by atoms with van der Waals surface area (Å²) in [7, 11) is 0. The fourth-order valence-electron chi connectivity index (χ4n) is 3.67. The molecule has 2 heterocycles. The molecule has 1 aliphatic heterocycles. The summed E-state index contributed by atoms with van der Waals surface area (Å²) < 4.78 is 0. The summed E-state index contributed by atoms with van der Waals surface area (Å²) in [5.41, 5.74) is 2.97. The largest absolute Gasteiger partial charge is 0.355 e. The Morgan fingerprint density at radius 1 is 1.21 bits per heavy atom. The molecule has 1 saturated heterocycles. The number of nitrogens with one attached hydrogen (secondary N) is 1. The molecule has 2 fully saturated rings. The predicted octanol–water partition coefficient (Wildman–Crippen LogP) is 3.54. The van der Waals surface area contributed by atoms with Crippen molar-refractivity contribution in [3.8, 4) is 0 Å². The van der Waals surface area contributed by atoms with Gasteiger partial charge < -0.3 is 10.2 Å². The molecule has 1 aromatic carbocycles. The van der Waals surface area contributed by atoms with Crippen molar-refractivity contribution in [2.24, 2.45) is 5.92 Å². The lowest BCUT2D eigenvalue weighted by Crippen LogP contribution is -2.39. The Morgan fingerprint density at radius 2 is 2.00 bits per heavy atom. The fraction of sp³-hybridized carbons (Fsp3) is 0.500. The van der Waals surface area contributed by atoms with Gasteiger partial charge in [0.1, 0.15) is 0 Å². The number of nitrogens with zero attached hydrogens (tertiary/aromatic N) is 2. The molecule has 5 nitrogen and oxygen atoms in total. The van der Waals surface area contributed by atoms with Gasteiger partial charge in [0.15, 0.2) is 0 Å². The molecule has 2 amide bonds. The molecule has 148 valence electrons. The molecule has 0 bridgehead atoms. The normalized spacial score (nSPS) is 19.5. The van der Waals surface area contributed by atoms with Gasteiger partial charge in [0, 0.05) is 48.8 Å². The second-order valence-electron chi connectivity index (χ2n) is 7.95. The van der Waals surface area contributed by atoms with Gasteiger partial charge in [-0.25, -0.2) is 4.98 Å². The topological polar surface area (TPSA) is 62.3 Å². The maximum atomic E-state index is 12.8. The van der Waals surface area contributed by atoms with Crippen LogP contribution in [0.4, 0.5) is 0 Å². The number of piperidine rings is 1. The summed E-state index contributed by atoms with van der Waals surface area (Å²) in [4.78, 5) is 31.3. The molecule has 1 aromatic heterocycles. The van der Waals surface area contributed by atoms with Gasteiger partial charge in [-0.3, -0.25) is 9.59 Å². The molecule has 1 N–H and O–H groups in total. The van der Waals surface area contributed by atoms with Crippen molar-refractivity contribution in [2.75, 3.05) is 19.6 Å². The van der Waals surface area contributed by atoms with Crippen molar-refractivity contribution < 1.29 is 9.59 Å². The third kappa shape index (κ3) is 4.61. The lowest BCUT2D eigenvalue weighted by Gasteiger charge is -2.32. The van der Waals surface area contributed by atoms with E-state index in [4.69, 9.17) is 4.98 Å². The maximum Gasteiger partial charge on any atom is 0.253 e. The number of carbonyl (C=O) groups is 2. The highest BCUT2D eigenvalue weighted by atomic mass is 32.1. The predicted molar refractivity (Wildman–Crippen MR) is 111 cm³/mol. The second-order valence-corrected chi connectivity index (χ2v) is 8.84. The first kappa shape index (κ1) is 19.1. The quantitative estimate of drug-likeness (QED) is 0.811. The minimum atomic E-state index is 0.115. The first-order valence-corrected chi connectivity index (χ1v) is 11.1. The molecule has 2 aromatic rings. The lowest BCUT2D eigenvalue weighted by atomic mass is 9.98. The van der Waals surface area contributed by atoms with E-state index in [0.717, 1.165) is 67.0 Å². The summed E-state index contributed by atoms with van der Waals surface area (Å²) in [6.45, 7) is 4.23. The van der Waals surface area contributed by atoms with Crippen LogP contribution in [0, 0.1) is 12.8 Å². The molecule has 0 radical (unpaired) electrons. The first-order chi connectivity index (χ1) is 13.6. The monoisotopic (exact) mass is 397 g/mol. The highest BCUT2D eigenvalue weighted by Crippen LogP contribution is 2.30. The average Bonchev–Trinajstić information content (AvgIpc) is 3.47. The number of likely N-dealkylation sites (tertiary alicyclic amines) is 1. The zero-order chi connectivity index (χ0) is 19.5. The summed E-state index contributed by atoms with van der Waals surface area (Å²) in [5.74, 6) is 0.866. The van der Waals surface area contributed by atoms with E-state index in [1.165, 1.54) is 0 Å². The second kappa shape index (κ2) is 8.43. The van der Waals surface area contributed by atoms with Crippen LogP contribution in [0.3, 0.4) is 0 Å². The molecule has 0 spiro atoms. The standard InChI is InChI=1S/C22H27N3O2S/c1-15-4-6-17(7-5-15)22(27)25-12-2-3-18(13-25)21-24-19(14-28-21)10-11-23-20(26)16-8-9-16/h4-7,14,16,18H,2-3,8-13H2,1H3,(H,23,26)/t18-/m1/s1. The van der Waals surface area contributed by atoms with E-state index in [0.29, 0.717) is 12.5 Å². The number of rotatable bonds is 6. The SMILES string of the molecule is Cc1ccc(C(=O)N2CCC[C@@H](c3nc(CCNC(=O)C4CC4)cs3)C2)cc1. The first-order valence-electron chi connectivity index (χ1n) is 10.2. The molecule has 2 aliphatic rings. The van der Waals surface area contributed by atoms with Crippen LogP contribution in [0.2, 0.25) is 0 Å². The van der Waals surface area contributed by atoms with Crippen LogP contribution >= 0.6 is 11.3 Å². The lowest BCUT2D eigenvalue weighted by molar-refractivity contribution is -0.122. The van der Waals surface area contributed by atoms with Crippen molar-refractivity contribution in [2.45, 2.75) is 44.9 Å². The van der Waals surface area contributed by atoms with E-state index in [9.17, 15) is 9.59 Å². The highest BCUT2D eigenvalue weighted by Gasteiger charge is 2.29. The third-order valence-electron chi connectivity index (χ3n) is 5.55. The van der Waals surface area contributed by atoms with Gasteiger partial charge in [0.2, 0.25) is 5.91 Å². The number of thiazole rings is 1. The van der Waals surface area contributed by atoms with E-state index in [1.807, 2.05) is 36.1 Å². The summed E-state index contributed by atoms with van der Waals surface area (Å²) >= 11 is 1.68. The van der Waals surface area contributed by atoms with E-state index in [-0.39, 0.29) is 17.7 Å². The third-order valence-corrected chi connectivity index (χ3v) is 6.61. The fourth-order valence-corrected chi connectivity index (χ4v) is 4.65. The smallest absolute Gasteiger partial charge is 0.253 e. The van der Waals surface area contributed by atoms with Gasteiger partial charge in [-0.1, -0.05) is 17.7 Å². The minimum absolute atomic E-state index is 0.115. The minimum Gasteiger partial charge on any atom is -0.355 e. The van der Waals surface area contributed by atoms with Crippen molar-refractivity contribution in [1.29, 1.82) is 0 Å². The molecule has 1 atom stereocenters. The van der Waals surface area contributed by atoms with Gasteiger partial charge in [0.05, 0.1) is 10.7 Å². The van der Waals surface area contributed by atoms with Crippen LogP contribution in [0.5, 0.6) is 0 Å². The van der Waals surface area contributed by atoms with Gasteiger partial charge in [-0.2, -0.15) is 0 Å². The van der Waals surface area contributed by atoms with Crippen LogP contribution in [-0.4, -0.2) is 41.3 Å². The van der Waals surface area contributed by atoms with Crippen molar-refractivity contribution in [3.63, 3.8) is 0 Å². The highest BCUT2D eigenvalue weighted by molar-refractivity contribution is 7.09. The van der Waals surface area contributed by atoms with E-state index in [2.05, 4.69) is 10.7 Å². The Kier molecular flexibility index (Phi) is 5.76. The molecule has 1 aliphatic carbocycles. The van der Waals surface area contributed by atoms with Crippen LogP contribution in [0.25, 0.3) is 0 Å². The van der Waals surface area contributed by atoms with Crippen molar-refractivity contribution in [1.82, 2.24) is 15.2 Å².